The van der Waals surface area contributed by atoms with Crippen molar-refractivity contribution >= 4 is 44.6 Å². The fourth-order valence-electron chi connectivity index (χ4n) is 6.09. The molecule has 2 N–H and O–H groups in total. The van der Waals surface area contributed by atoms with E-state index in [1.165, 1.54) is 4.31 Å². The number of para-hydroxylation sites is 2. The van der Waals surface area contributed by atoms with Crippen LogP contribution in [0.15, 0.2) is 72.8 Å². The molecule has 0 bridgehead atoms. The first-order valence-electron chi connectivity index (χ1n) is 16.1. The number of aryl methyl sites for hydroxylation is 3. The first kappa shape index (κ1) is 34.2. The molecule has 0 saturated heterocycles. The zero-order chi connectivity index (χ0) is 34.7. The number of hydrogen-bond donors (Lipinski definition) is 1. The average Bonchev–Trinajstić information content (AvgIpc) is 3.49. The number of esters is 1. The third kappa shape index (κ3) is 7.36. The van der Waals surface area contributed by atoms with Crippen LogP contribution in [0.2, 0.25) is 0 Å². The van der Waals surface area contributed by atoms with E-state index in [0.29, 0.717) is 35.2 Å². The first-order chi connectivity index (χ1) is 23.6. The summed E-state index contributed by atoms with van der Waals surface area (Å²) in [4.78, 5) is 12.9. The normalized spacial score (nSPS) is 14.6. The molecule has 0 aliphatic carbocycles. The fourth-order valence-corrected chi connectivity index (χ4v) is 7.30. The monoisotopic (exact) mass is 703 g/mol. The van der Waals surface area contributed by atoms with Crippen LogP contribution in [0.3, 0.4) is 0 Å². The van der Waals surface area contributed by atoms with Crippen molar-refractivity contribution in [3.8, 4) is 17.2 Å². The molecular weight excluding hydrogens is 666 g/mol. The van der Waals surface area contributed by atoms with E-state index in [4.69, 9.17) is 31.0 Å². The van der Waals surface area contributed by atoms with E-state index in [-0.39, 0.29) is 43.8 Å². The second kappa shape index (κ2) is 14.5. The van der Waals surface area contributed by atoms with Crippen LogP contribution in [0.5, 0.6) is 17.2 Å². The molecular formula is C36H38ClN5O6S. The Hall–Kier alpha value is -4.65. The zero-order valence-electron chi connectivity index (χ0n) is 27.6. The summed E-state index contributed by atoms with van der Waals surface area (Å²) in [6, 6.07) is 22.0. The highest BCUT2D eigenvalue weighted by molar-refractivity contribution is 7.84. The lowest BCUT2D eigenvalue weighted by molar-refractivity contribution is -0.143. The van der Waals surface area contributed by atoms with Gasteiger partial charge in [-0.2, -0.15) is 12.7 Å². The van der Waals surface area contributed by atoms with Crippen LogP contribution in [0, 0.1) is 13.8 Å². The van der Waals surface area contributed by atoms with Crippen molar-refractivity contribution in [1.29, 1.82) is 0 Å². The SMILES string of the molecule is CCOC(=O)CC(c1ccc(C)c(CN2Cc3cc(Oc4ccccc4N)ccc3OS2(=O)=O)c1)c1ccc2c(nnn2CCCCl)c1C. The number of aromatic nitrogens is 3. The van der Waals surface area contributed by atoms with E-state index in [0.717, 1.165) is 45.3 Å². The molecule has 2 heterocycles. The molecule has 1 unspecified atom stereocenters. The summed E-state index contributed by atoms with van der Waals surface area (Å²) in [5, 5.41) is 8.79. The van der Waals surface area contributed by atoms with Gasteiger partial charge >= 0.3 is 16.3 Å². The van der Waals surface area contributed by atoms with Gasteiger partial charge in [0.25, 0.3) is 0 Å². The van der Waals surface area contributed by atoms with Crippen molar-refractivity contribution in [2.75, 3.05) is 18.2 Å². The minimum atomic E-state index is -4.10. The molecule has 6 rings (SSSR count). The number of nitrogens with zero attached hydrogens (tertiary/aromatic N) is 4. The first-order valence-corrected chi connectivity index (χ1v) is 18.0. The summed E-state index contributed by atoms with van der Waals surface area (Å²) < 4.78 is 46.7. The highest BCUT2D eigenvalue weighted by atomic mass is 35.5. The van der Waals surface area contributed by atoms with Gasteiger partial charge in [0.05, 0.1) is 24.2 Å². The molecule has 1 aliphatic heterocycles. The lowest BCUT2D eigenvalue weighted by Gasteiger charge is -2.29. The summed E-state index contributed by atoms with van der Waals surface area (Å²) in [6.45, 7) is 6.72. The molecule has 4 aromatic carbocycles. The number of nitrogens with two attached hydrogens (primary N) is 1. The minimum Gasteiger partial charge on any atom is -0.466 e. The maximum absolute atomic E-state index is 13.3. The topological polar surface area (TPSA) is 139 Å². The van der Waals surface area contributed by atoms with E-state index in [9.17, 15) is 13.2 Å². The maximum atomic E-state index is 13.3. The molecule has 1 atom stereocenters. The molecule has 0 amide bonds. The quantitative estimate of drug-likeness (QED) is 0.0847. The summed E-state index contributed by atoms with van der Waals surface area (Å²) in [7, 11) is -4.10. The van der Waals surface area contributed by atoms with Crippen LogP contribution in [0.25, 0.3) is 11.0 Å². The van der Waals surface area contributed by atoms with E-state index in [2.05, 4.69) is 10.3 Å². The molecule has 49 heavy (non-hydrogen) atoms. The van der Waals surface area contributed by atoms with Crippen LogP contribution < -0.4 is 14.7 Å². The Balaban J connectivity index is 1.31. The number of anilines is 1. The molecule has 0 fully saturated rings. The zero-order valence-corrected chi connectivity index (χ0v) is 29.1. The van der Waals surface area contributed by atoms with Crippen LogP contribution >= 0.6 is 11.6 Å². The third-order valence-corrected chi connectivity index (χ3v) is 10.2. The number of carbonyl (C=O) groups excluding carboxylic acids is 1. The Morgan fingerprint density at radius 1 is 1.08 bits per heavy atom. The maximum Gasteiger partial charge on any atom is 0.385 e. The van der Waals surface area contributed by atoms with Gasteiger partial charge in [-0.05, 0) is 91.4 Å². The predicted molar refractivity (Wildman–Crippen MR) is 188 cm³/mol. The van der Waals surface area contributed by atoms with Crippen molar-refractivity contribution in [3.63, 3.8) is 0 Å². The number of halogens is 1. The fraction of sp³-hybridized carbons (Fsp3) is 0.306. The Kier molecular flexibility index (Phi) is 10.1. The van der Waals surface area contributed by atoms with Crippen LogP contribution in [0.1, 0.15) is 59.1 Å². The van der Waals surface area contributed by atoms with Crippen molar-refractivity contribution in [2.45, 2.75) is 59.2 Å². The van der Waals surface area contributed by atoms with E-state index in [1.807, 2.05) is 61.0 Å². The highest BCUT2D eigenvalue weighted by Gasteiger charge is 2.33. The molecule has 256 valence electrons. The molecule has 0 saturated carbocycles. The summed E-state index contributed by atoms with van der Waals surface area (Å²) >= 11 is 5.91. The van der Waals surface area contributed by atoms with Crippen LogP contribution in [0.4, 0.5) is 5.69 Å². The number of ether oxygens (including phenoxy) is 2. The van der Waals surface area contributed by atoms with Gasteiger partial charge in [0, 0.05) is 37.0 Å². The summed E-state index contributed by atoms with van der Waals surface area (Å²) in [6.07, 6.45) is 0.857. The third-order valence-electron chi connectivity index (χ3n) is 8.70. The Morgan fingerprint density at radius 3 is 2.67 bits per heavy atom. The Labute approximate surface area is 290 Å². The smallest absolute Gasteiger partial charge is 0.385 e. The lowest BCUT2D eigenvalue weighted by Crippen LogP contribution is -2.37. The molecule has 1 aromatic heterocycles. The molecule has 11 nitrogen and oxygen atoms in total. The average molecular weight is 704 g/mol. The van der Waals surface area contributed by atoms with Gasteiger partial charge in [0.15, 0.2) is 0 Å². The van der Waals surface area contributed by atoms with Crippen molar-refractivity contribution in [2.24, 2.45) is 0 Å². The van der Waals surface area contributed by atoms with Crippen molar-refractivity contribution in [1.82, 2.24) is 19.3 Å². The summed E-state index contributed by atoms with van der Waals surface area (Å²) in [5.41, 5.74) is 13.2. The predicted octanol–water partition coefficient (Wildman–Crippen LogP) is 6.78. The van der Waals surface area contributed by atoms with Gasteiger partial charge in [-0.25, -0.2) is 4.68 Å². The van der Waals surface area contributed by atoms with Crippen LogP contribution in [-0.4, -0.2) is 46.2 Å². The Morgan fingerprint density at radius 2 is 1.90 bits per heavy atom. The number of benzene rings is 4. The van der Waals surface area contributed by atoms with Gasteiger partial charge in [-0.15, -0.1) is 16.7 Å². The highest BCUT2D eigenvalue weighted by Crippen LogP contribution is 2.38. The second-order valence-electron chi connectivity index (χ2n) is 12.0. The molecule has 13 heteroatoms. The van der Waals surface area contributed by atoms with Gasteiger partial charge in [0.1, 0.15) is 22.8 Å². The minimum absolute atomic E-state index is 0.0528. The number of carbonyl (C=O) groups is 1. The van der Waals surface area contributed by atoms with Crippen LogP contribution in [-0.2, 0) is 39.5 Å². The molecule has 1 aliphatic rings. The van der Waals surface area contributed by atoms with E-state index in [1.54, 1.807) is 37.3 Å². The number of rotatable bonds is 12. The summed E-state index contributed by atoms with van der Waals surface area (Å²) in [5.74, 6) is 1.06. The van der Waals surface area contributed by atoms with Gasteiger partial charge in [0.2, 0.25) is 0 Å². The van der Waals surface area contributed by atoms with Gasteiger partial charge in [-0.1, -0.05) is 41.6 Å². The van der Waals surface area contributed by atoms with Crippen molar-refractivity contribution < 1.29 is 26.9 Å². The number of nitrogen functional groups attached to an aromatic ring is 1. The van der Waals surface area contributed by atoms with E-state index >= 15 is 0 Å². The largest absolute Gasteiger partial charge is 0.466 e. The van der Waals surface area contributed by atoms with Crippen molar-refractivity contribution in [3.05, 3.63) is 106 Å². The Bertz CT molecular complexity index is 2120. The molecule has 0 radical (unpaired) electrons. The molecule has 5 aromatic rings. The lowest BCUT2D eigenvalue weighted by atomic mass is 9.84. The molecule has 0 spiro atoms. The van der Waals surface area contributed by atoms with Gasteiger partial charge < -0.3 is 19.4 Å². The number of alkyl halides is 1. The standard InChI is InChI=1S/C36H38ClN5O6S/c1-4-46-35(43)20-30(29-13-14-32-36(24(29)3)39-40-42(32)17-7-16-37)25-11-10-23(2)26(18-25)21-41-22-27-19-28(12-15-33(27)48-49(41,44)45)47-34-9-6-5-8-31(34)38/h5-6,8-15,18-19,30H,4,7,16-17,20-22,38H2,1-3H3. The number of hydrogen-bond acceptors (Lipinski definition) is 9. The van der Waals surface area contributed by atoms with Gasteiger partial charge in [-0.3, -0.25) is 4.79 Å². The van der Waals surface area contributed by atoms with E-state index < -0.39 is 10.3 Å². The second-order valence-corrected chi connectivity index (χ2v) is 13.9. The number of fused-ring (bicyclic) bond motifs is 2.